The molecular weight excluding hydrogens is 438 g/mol. The molecule has 1 saturated heterocycles. The number of carbonyl (C=O) groups is 2. The van der Waals surface area contributed by atoms with E-state index in [1.54, 1.807) is 9.80 Å². The Morgan fingerprint density at radius 3 is 2.23 bits per heavy atom. The van der Waals surface area contributed by atoms with Crippen molar-refractivity contribution in [2.45, 2.75) is 58.9 Å². The summed E-state index contributed by atoms with van der Waals surface area (Å²) in [4.78, 5) is 29.8. The van der Waals surface area contributed by atoms with Crippen molar-refractivity contribution in [2.75, 3.05) is 19.6 Å². The standard InChI is InChI=1S/C28H37N5O2/c1-19(2)23-13-10-14-24(17-23)26(34)32-15-16-33(28(5,6)18-32)27(35)25(29)31-30-21(4)20(3)22-11-8-7-9-12-22/h7-14,17,19-20H,15-16,18H2,1-6H3,(H2,29,31)/b30-21-. The SMILES string of the molecule is C/C(=N/N=C(N)C(=O)N1CCN(C(=O)c2cccc(C(C)C)c2)CC1(C)C)C(C)c1ccccc1. The van der Waals surface area contributed by atoms with E-state index in [9.17, 15) is 9.59 Å². The second-order valence-electron chi connectivity index (χ2n) is 10.1. The third-order valence-electron chi connectivity index (χ3n) is 6.70. The van der Waals surface area contributed by atoms with E-state index in [4.69, 9.17) is 5.73 Å². The fraction of sp³-hybridized carbons (Fsp3) is 0.429. The number of piperazine rings is 1. The van der Waals surface area contributed by atoms with Gasteiger partial charge in [0.15, 0.2) is 0 Å². The van der Waals surface area contributed by atoms with Gasteiger partial charge in [0.1, 0.15) is 0 Å². The quantitative estimate of drug-likeness (QED) is 0.394. The van der Waals surface area contributed by atoms with E-state index >= 15 is 0 Å². The predicted octanol–water partition coefficient (Wildman–Crippen LogP) is 4.41. The fourth-order valence-electron chi connectivity index (χ4n) is 4.30. The van der Waals surface area contributed by atoms with Crippen LogP contribution in [0.4, 0.5) is 0 Å². The van der Waals surface area contributed by atoms with Gasteiger partial charge in [-0.2, -0.15) is 5.10 Å². The molecule has 1 aliphatic rings. The number of nitrogens with zero attached hydrogens (tertiary/aromatic N) is 4. The van der Waals surface area contributed by atoms with Crippen LogP contribution in [0.15, 0.2) is 64.8 Å². The van der Waals surface area contributed by atoms with E-state index in [0.29, 0.717) is 31.1 Å². The molecule has 35 heavy (non-hydrogen) atoms. The van der Waals surface area contributed by atoms with Crippen molar-refractivity contribution in [1.82, 2.24) is 9.80 Å². The summed E-state index contributed by atoms with van der Waals surface area (Å²) in [5.74, 6) is -0.139. The Labute approximate surface area is 208 Å². The van der Waals surface area contributed by atoms with Gasteiger partial charge < -0.3 is 15.5 Å². The Morgan fingerprint density at radius 1 is 0.943 bits per heavy atom. The highest BCUT2D eigenvalue weighted by Crippen LogP contribution is 2.24. The molecule has 1 unspecified atom stereocenters. The minimum Gasteiger partial charge on any atom is -0.378 e. The van der Waals surface area contributed by atoms with E-state index in [2.05, 4.69) is 24.1 Å². The first kappa shape index (κ1) is 26.1. The lowest BCUT2D eigenvalue weighted by atomic mass is 9.96. The highest BCUT2D eigenvalue weighted by atomic mass is 16.2. The van der Waals surface area contributed by atoms with Crippen molar-refractivity contribution in [3.63, 3.8) is 0 Å². The van der Waals surface area contributed by atoms with Gasteiger partial charge in [-0.1, -0.05) is 63.2 Å². The van der Waals surface area contributed by atoms with Gasteiger partial charge in [-0.3, -0.25) is 9.59 Å². The van der Waals surface area contributed by atoms with Crippen molar-refractivity contribution in [3.05, 3.63) is 71.3 Å². The van der Waals surface area contributed by atoms with Crippen molar-refractivity contribution in [3.8, 4) is 0 Å². The first-order chi connectivity index (χ1) is 16.5. The molecule has 0 spiro atoms. The number of nitrogens with two attached hydrogens (primary N) is 1. The van der Waals surface area contributed by atoms with Crippen LogP contribution in [0.3, 0.4) is 0 Å². The lowest BCUT2D eigenvalue weighted by molar-refractivity contribution is -0.132. The van der Waals surface area contributed by atoms with E-state index in [0.717, 1.165) is 16.8 Å². The zero-order valence-corrected chi connectivity index (χ0v) is 21.7. The number of carbonyl (C=O) groups excluding carboxylic acids is 2. The van der Waals surface area contributed by atoms with E-state index < -0.39 is 5.54 Å². The number of rotatable bonds is 5. The number of amidine groups is 1. The normalized spacial score (nSPS) is 17.5. The average Bonchev–Trinajstić information content (AvgIpc) is 2.85. The smallest absolute Gasteiger partial charge is 0.291 e. The summed E-state index contributed by atoms with van der Waals surface area (Å²) in [5.41, 5.74) is 9.15. The molecule has 2 amide bonds. The molecule has 2 aromatic carbocycles. The molecule has 2 aromatic rings. The van der Waals surface area contributed by atoms with Crippen LogP contribution in [0.2, 0.25) is 0 Å². The van der Waals surface area contributed by atoms with E-state index in [1.165, 1.54) is 0 Å². The van der Waals surface area contributed by atoms with E-state index in [1.807, 2.05) is 82.3 Å². The van der Waals surface area contributed by atoms with Gasteiger partial charge in [-0.25, -0.2) is 0 Å². The summed E-state index contributed by atoms with van der Waals surface area (Å²) in [6.45, 7) is 13.2. The maximum atomic E-state index is 13.2. The summed E-state index contributed by atoms with van der Waals surface area (Å²) in [7, 11) is 0. The maximum Gasteiger partial charge on any atom is 0.291 e. The highest BCUT2D eigenvalue weighted by Gasteiger charge is 2.39. The minimum absolute atomic E-state index is 0.0237. The second-order valence-corrected chi connectivity index (χ2v) is 10.1. The molecule has 7 heteroatoms. The lowest BCUT2D eigenvalue weighted by Gasteiger charge is -2.46. The Balaban J connectivity index is 1.69. The molecule has 1 atom stereocenters. The van der Waals surface area contributed by atoms with Crippen molar-refractivity contribution < 1.29 is 9.59 Å². The van der Waals surface area contributed by atoms with Crippen molar-refractivity contribution >= 4 is 23.4 Å². The summed E-state index contributed by atoms with van der Waals surface area (Å²) < 4.78 is 0. The van der Waals surface area contributed by atoms with Crippen LogP contribution in [0.1, 0.15) is 74.9 Å². The summed E-state index contributed by atoms with van der Waals surface area (Å²) in [6.07, 6.45) is 0. The molecule has 0 aromatic heterocycles. The van der Waals surface area contributed by atoms with Gasteiger partial charge in [0.25, 0.3) is 11.8 Å². The molecule has 0 saturated carbocycles. The molecule has 0 aliphatic carbocycles. The van der Waals surface area contributed by atoms with Crippen LogP contribution in [-0.4, -0.2) is 58.3 Å². The lowest BCUT2D eigenvalue weighted by Crippen LogP contribution is -2.63. The molecular formula is C28H37N5O2. The molecule has 1 fully saturated rings. The van der Waals surface area contributed by atoms with Gasteiger partial charge in [-0.05, 0) is 49.9 Å². The Kier molecular flexibility index (Phi) is 8.10. The van der Waals surface area contributed by atoms with Gasteiger partial charge >= 0.3 is 0 Å². The first-order valence-corrected chi connectivity index (χ1v) is 12.1. The molecule has 7 nitrogen and oxygen atoms in total. The average molecular weight is 476 g/mol. The molecule has 1 heterocycles. The van der Waals surface area contributed by atoms with Crippen molar-refractivity contribution in [2.24, 2.45) is 15.9 Å². The maximum absolute atomic E-state index is 13.2. The molecule has 0 bridgehead atoms. The zero-order valence-electron chi connectivity index (χ0n) is 21.7. The summed E-state index contributed by atoms with van der Waals surface area (Å²) in [5, 5.41) is 8.29. The van der Waals surface area contributed by atoms with Crippen LogP contribution < -0.4 is 5.73 Å². The van der Waals surface area contributed by atoms with Gasteiger partial charge in [-0.15, -0.1) is 5.10 Å². The van der Waals surface area contributed by atoms with Gasteiger partial charge in [0, 0.05) is 36.8 Å². The summed E-state index contributed by atoms with van der Waals surface area (Å²) in [6, 6.07) is 17.8. The van der Waals surface area contributed by atoms with Crippen molar-refractivity contribution in [1.29, 1.82) is 0 Å². The monoisotopic (exact) mass is 475 g/mol. The molecule has 1 aliphatic heterocycles. The van der Waals surface area contributed by atoms with E-state index in [-0.39, 0.29) is 23.6 Å². The fourth-order valence-corrected chi connectivity index (χ4v) is 4.30. The third kappa shape index (κ3) is 6.15. The molecule has 0 radical (unpaired) electrons. The van der Waals surface area contributed by atoms with Gasteiger partial charge in [0.05, 0.1) is 5.54 Å². The van der Waals surface area contributed by atoms with Gasteiger partial charge in [0.2, 0.25) is 5.84 Å². The molecule has 2 N–H and O–H groups in total. The number of hydrogen-bond donors (Lipinski definition) is 1. The van der Waals surface area contributed by atoms with Crippen LogP contribution in [0.25, 0.3) is 0 Å². The summed E-state index contributed by atoms with van der Waals surface area (Å²) >= 11 is 0. The van der Waals surface area contributed by atoms with Crippen LogP contribution >= 0.6 is 0 Å². The largest absolute Gasteiger partial charge is 0.378 e. The molecule has 3 rings (SSSR count). The Hall–Kier alpha value is -3.48. The predicted molar refractivity (Wildman–Crippen MR) is 142 cm³/mol. The molecule has 186 valence electrons. The highest BCUT2D eigenvalue weighted by molar-refractivity contribution is 6.37. The number of amides is 2. The number of benzene rings is 2. The Bertz CT molecular complexity index is 1120. The minimum atomic E-state index is -0.600. The topological polar surface area (TPSA) is 91.4 Å². The second kappa shape index (κ2) is 10.8. The Morgan fingerprint density at radius 2 is 1.60 bits per heavy atom. The number of hydrogen-bond acceptors (Lipinski definition) is 4. The third-order valence-corrected chi connectivity index (χ3v) is 6.70. The van der Waals surface area contributed by atoms with Crippen LogP contribution in [0.5, 0.6) is 0 Å². The zero-order chi connectivity index (χ0) is 25.8. The van der Waals surface area contributed by atoms with Crippen LogP contribution in [-0.2, 0) is 4.79 Å². The van der Waals surface area contributed by atoms with Crippen LogP contribution in [0, 0.1) is 0 Å². The first-order valence-electron chi connectivity index (χ1n) is 12.1.